The maximum atomic E-state index is 13.9. The summed E-state index contributed by atoms with van der Waals surface area (Å²) in [5, 5.41) is 0. The summed E-state index contributed by atoms with van der Waals surface area (Å²) >= 11 is 0. The SMILES string of the molecule is CC(C)N(C)c1nc(-c2ccc(F)c(F)c2)nc(N2CCN(c3ncccc3C(F)(F)F)CC2)n1. The lowest BCUT2D eigenvalue weighted by molar-refractivity contribution is -0.137. The highest BCUT2D eigenvalue weighted by Gasteiger charge is 2.36. The molecule has 1 aromatic carbocycles. The minimum atomic E-state index is -4.51. The zero-order valence-electron chi connectivity index (χ0n) is 19.4. The molecule has 1 fully saturated rings. The van der Waals surface area contributed by atoms with Crippen molar-refractivity contribution in [3.63, 3.8) is 0 Å². The van der Waals surface area contributed by atoms with E-state index in [0.717, 1.165) is 18.2 Å². The lowest BCUT2D eigenvalue weighted by Gasteiger charge is -2.36. The van der Waals surface area contributed by atoms with Crippen molar-refractivity contribution in [1.82, 2.24) is 19.9 Å². The normalized spacial score (nSPS) is 14.5. The van der Waals surface area contributed by atoms with Crippen molar-refractivity contribution in [2.75, 3.05) is 47.9 Å². The maximum absolute atomic E-state index is 13.9. The Balaban J connectivity index is 1.63. The number of rotatable bonds is 5. The number of benzene rings is 1. The van der Waals surface area contributed by atoms with E-state index in [4.69, 9.17) is 0 Å². The van der Waals surface area contributed by atoms with Crippen molar-refractivity contribution in [2.24, 2.45) is 0 Å². The first-order valence-corrected chi connectivity index (χ1v) is 11.0. The van der Waals surface area contributed by atoms with E-state index >= 15 is 0 Å². The number of anilines is 3. The molecule has 0 aliphatic carbocycles. The number of pyridine rings is 1. The molecule has 0 spiro atoms. The van der Waals surface area contributed by atoms with Gasteiger partial charge in [0.25, 0.3) is 0 Å². The van der Waals surface area contributed by atoms with Gasteiger partial charge in [-0.1, -0.05) is 0 Å². The molecule has 3 aromatic rings. The van der Waals surface area contributed by atoms with Gasteiger partial charge >= 0.3 is 6.18 Å². The average Bonchev–Trinajstić information content (AvgIpc) is 2.84. The van der Waals surface area contributed by atoms with Crippen molar-refractivity contribution in [2.45, 2.75) is 26.1 Å². The minimum absolute atomic E-state index is 0.0462. The molecular formula is C23H24F5N7. The second kappa shape index (κ2) is 9.59. The molecule has 1 saturated heterocycles. The second-order valence-corrected chi connectivity index (χ2v) is 8.44. The Morgan fingerprint density at radius 3 is 2.23 bits per heavy atom. The number of piperazine rings is 1. The second-order valence-electron chi connectivity index (χ2n) is 8.44. The van der Waals surface area contributed by atoms with Gasteiger partial charge in [-0.2, -0.15) is 28.1 Å². The van der Waals surface area contributed by atoms with E-state index in [9.17, 15) is 22.0 Å². The first kappa shape index (κ1) is 24.6. The fourth-order valence-corrected chi connectivity index (χ4v) is 3.64. The molecule has 0 saturated carbocycles. The zero-order chi connectivity index (χ0) is 25.3. The lowest BCUT2D eigenvalue weighted by atomic mass is 10.2. The number of nitrogens with zero attached hydrogens (tertiary/aromatic N) is 7. The van der Waals surface area contributed by atoms with Gasteiger partial charge < -0.3 is 14.7 Å². The average molecular weight is 493 g/mol. The quantitative estimate of drug-likeness (QED) is 0.489. The van der Waals surface area contributed by atoms with E-state index in [2.05, 4.69) is 19.9 Å². The van der Waals surface area contributed by atoms with Gasteiger partial charge in [-0.3, -0.25) is 0 Å². The fourth-order valence-electron chi connectivity index (χ4n) is 3.64. The van der Waals surface area contributed by atoms with Crippen molar-refractivity contribution < 1.29 is 22.0 Å². The monoisotopic (exact) mass is 493 g/mol. The van der Waals surface area contributed by atoms with Crippen LogP contribution in [-0.4, -0.2) is 59.2 Å². The van der Waals surface area contributed by atoms with Crippen LogP contribution in [0.15, 0.2) is 36.5 Å². The van der Waals surface area contributed by atoms with Crippen molar-refractivity contribution in [3.8, 4) is 11.4 Å². The molecule has 0 N–H and O–H groups in total. The molecule has 0 amide bonds. The smallest absolute Gasteiger partial charge is 0.353 e. The third kappa shape index (κ3) is 5.25. The highest BCUT2D eigenvalue weighted by molar-refractivity contribution is 5.59. The minimum Gasteiger partial charge on any atom is -0.353 e. The first-order chi connectivity index (χ1) is 16.5. The van der Waals surface area contributed by atoms with Crippen LogP contribution in [0.25, 0.3) is 11.4 Å². The third-order valence-corrected chi connectivity index (χ3v) is 5.83. The Hall–Kier alpha value is -3.57. The van der Waals surface area contributed by atoms with E-state index in [1.165, 1.54) is 18.3 Å². The molecule has 0 radical (unpaired) electrons. The number of hydrogen-bond donors (Lipinski definition) is 0. The molecule has 0 atom stereocenters. The Bertz CT molecular complexity index is 1190. The molecule has 35 heavy (non-hydrogen) atoms. The van der Waals surface area contributed by atoms with Crippen LogP contribution in [0.4, 0.5) is 39.7 Å². The molecular weight excluding hydrogens is 469 g/mol. The molecule has 1 aliphatic heterocycles. The van der Waals surface area contributed by atoms with E-state index in [0.29, 0.717) is 25.0 Å². The van der Waals surface area contributed by atoms with Crippen molar-refractivity contribution >= 4 is 17.7 Å². The molecule has 0 bridgehead atoms. The number of halogens is 5. The summed E-state index contributed by atoms with van der Waals surface area (Å²) in [5.74, 6) is -1.30. The van der Waals surface area contributed by atoms with Gasteiger partial charge in [0.15, 0.2) is 17.5 Å². The Kier molecular flexibility index (Phi) is 6.73. The molecule has 0 unspecified atom stereocenters. The van der Waals surface area contributed by atoms with Crippen LogP contribution in [0.5, 0.6) is 0 Å². The number of aromatic nitrogens is 4. The van der Waals surface area contributed by atoms with Crippen molar-refractivity contribution in [1.29, 1.82) is 0 Å². The van der Waals surface area contributed by atoms with Crippen LogP contribution in [0, 0.1) is 11.6 Å². The van der Waals surface area contributed by atoms with E-state index in [-0.39, 0.29) is 36.3 Å². The van der Waals surface area contributed by atoms with Crippen LogP contribution in [-0.2, 0) is 6.18 Å². The standard InChI is InChI=1S/C23H24F5N7/c1-14(2)33(3)21-30-19(15-6-7-17(24)18(25)13-15)31-22(32-21)35-11-9-34(10-12-35)20-16(23(26,27)28)5-4-8-29-20/h4-8,13-14H,9-12H2,1-3H3. The zero-order valence-corrected chi connectivity index (χ0v) is 19.4. The molecule has 7 nitrogen and oxygen atoms in total. The predicted molar refractivity (Wildman–Crippen MR) is 122 cm³/mol. The van der Waals surface area contributed by atoms with Crippen LogP contribution < -0.4 is 14.7 Å². The van der Waals surface area contributed by atoms with Gasteiger partial charge in [0, 0.05) is 51.0 Å². The summed E-state index contributed by atoms with van der Waals surface area (Å²) in [6, 6.07) is 5.73. The molecule has 4 rings (SSSR count). The van der Waals surface area contributed by atoms with Gasteiger partial charge in [-0.15, -0.1) is 0 Å². The van der Waals surface area contributed by atoms with E-state index in [1.807, 2.05) is 23.6 Å². The van der Waals surface area contributed by atoms with Crippen molar-refractivity contribution in [3.05, 3.63) is 53.7 Å². The Morgan fingerprint density at radius 2 is 1.60 bits per heavy atom. The molecule has 186 valence electrons. The highest BCUT2D eigenvalue weighted by Crippen LogP contribution is 2.35. The molecule has 3 heterocycles. The van der Waals surface area contributed by atoms with Gasteiger partial charge in [0.05, 0.1) is 5.56 Å². The molecule has 2 aromatic heterocycles. The van der Waals surface area contributed by atoms with Gasteiger partial charge in [-0.25, -0.2) is 13.8 Å². The summed E-state index contributed by atoms with van der Waals surface area (Å²) in [5.41, 5.74) is -0.497. The summed E-state index contributed by atoms with van der Waals surface area (Å²) < 4.78 is 67.6. The van der Waals surface area contributed by atoms with E-state index < -0.39 is 23.4 Å². The summed E-state index contributed by atoms with van der Waals surface area (Å²) in [4.78, 5) is 22.6. The summed E-state index contributed by atoms with van der Waals surface area (Å²) in [7, 11) is 1.80. The lowest BCUT2D eigenvalue weighted by Crippen LogP contribution is -2.48. The largest absolute Gasteiger partial charge is 0.419 e. The van der Waals surface area contributed by atoms with Crippen LogP contribution in [0.1, 0.15) is 19.4 Å². The molecule has 1 aliphatic rings. The summed E-state index contributed by atoms with van der Waals surface area (Å²) in [6.07, 6.45) is -3.17. The molecule has 12 heteroatoms. The van der Waals surface area contributed by atoms with Crippen LogP contribution >= 0.6 is 0 Å². The Morgan fingerprint density at radius 1 is 0.914 bits per heavy atom. The van der Waals surface area contributed by atoms with Gasteiger partial charge in [0.1, 0.15) is 5.82 Å². The summed E-state index contributed by atoms with van der Waals surface area (Å²) in [6.45, 7) is 5.10. The Labute approximate surface area is 199 Å². The topological polar surface area (TPSA) is 61.3 Å². The number of hydrogen-bond acceptors (Lipinski definition) is 7. The van der Waals surface area contributed by atoms with Crippen LogP contribution in [0.3, 0.4) is 0 Å². The van der Waals surface area contributed by atoms with E-state index in [1.54, 1.807) is 11.9 Å². The van der Waals surface area contributed by atoms with Gasteiger partial charge in [-0.05, 0) is 44.2 Å². The predicted octanol–water partition coefficient (Wildman–Crippen LogP) is 4.40. The maximum Gasteiger partial charge on any atom is 0.419 e. The van der Waals surface area contributed by atoms with Crippen LogP contribution in [0.2, 0.25) is 0 Å². The number of alkyl halides is 3. The third-order valence-electron chi connectivity index (χ3n) is 5.83. The van der Waals surface area contributed by atoms with Gasteiger partial charge in [0.2, 0.25) is 11.9 Å². The first-order valence-electron chi connectivity index (χ1n) is 11.0. The highest BCUT2D eigenvalue weighted by atomic mass is 19.4. The fraction of sp³-hybridized carbons (Fsp3) is 0.391.